The van der Waals surface area contributed by atoms with Gasteiger partial charge in [-0.2, -0.15) is 0 Å². The van der Waals surface area contributed by atoms with E-state index in [1.807, 2.05) is 0 Å². The number of fused-ring (bicyclic) bond motifs is 2. The van der Waals surface area contributed by atoms with Gasteiger partial charge in [0.1, 0.15) is 0 Å². The molecule has 0 amide bonds. The van der Waals surface area contributed by atoms with Crippen molar-refractivity contribution in [1.82, 2.24) is 4.90 Å². The molecule has 0 radical (unpaired) electrons. The maximum atomic E-state index is 11.5. The van der Waals surface area contributed by atoms with Gasteiger partial charge in [0, 0.05) is 30.7 Å². The normalized spacial score (nSPS) is 23.1. The Morgan fingerprint density at radius 1 is 0.955 bits per heavy atom. The van der Waals surface area contributed by atoms with Gasteiger partial charge in [0.25, 0.3) is 0 Å². The van der Waals surface area contributed by atoms with Crippen LogP contribution in [0.4, 0.5) is 5.69 Å². The van der Waals surface area contributed by atoms with Crippen LogP contribution in [0.15, 0.2) is 9.59 Å². The van der Waals surface area contributed by atoms with Crippen molar-refractivity contribution >= 4 is 5.69 Å². The number of hydrogen-bond acceptors (Lipinski definition) is 4. The molecule has 2 bridgehead atoms. The van der Waals surface area contributed by atoms with E-state index >= 15 is 0 Å². The summed E-state index contributed by atoms with van der Waals surface area (Å²) in [5, 5.41) is 0. The molecule has 126 valence electrons. The largest absolute Gasteiger partial charge is 0.362 e. The van der Waals surface area contributed by atoms with E-state index < -0.39 is 0 Å². The van der Waals surface area contributed by atoms with Crippen LogP contribution in [0.5, 0.6) is 0 Å². The fourth-order valence-electron chi connectivity index (χ4n) is 2.98. The first-order valence-electron chi connectivity index (χ1n) is 8.69. The quantitative estimate of drug-likeness (QED) is 0.788. The highest BCUT2D eigenvalue weighted by Gasteiger charge is 2.43. The predicted molar refractivity (Wildman–Crippen MR) is 94.8 cm³/mol. The van der Waals surface area contributed by atoms with Gasteiger partial charge in [-0.05, 0) is 20.4 Å². The topological polar surface area (TPSA) is 40.6 Å². The Morgan fingerprint density at radius 2 is 1.50 bits per heavy atom. The minimum atomic E-state index is -0.291. The number of likely N-dealkylation sites (tertiary alicyclic amines) is 1. The smallest absolute Gasteiger partial charge is 0.249 e. The van der Waals surface area contributed by atoms with Crippen LogP contribution in [0.25, 0.3) is 0 Å². The summed E-state index contributed by atoms with van der Waals surface area (Å²) in [7, 11) is 2.12. The number of nitrogens with zero attached hydrogens (tertiary/aromatic N) is 2. The molecule has 22 heavy (non-hydrogen) atoms. The zero-order valence-corrected chi connectivity index (χ0v) is 15.1. The third-order valence-corrected chi connectivity index (χ3v) is 4.42. The highest BCUT2D eigenvalue weighted by atomic mass is 16.2. The molecular weight excluding hydrogens is 276 g/mol. The zero-order valence-electron chi connectivity index (χ0n) is 15.1. The van der Waals surface area contributed by atoms with Crippen LogP contribution in [0.1, 0.15) is 58.9 Å². The van der Waals surface area contributed by atoms with Gasteiger partial charge in [-0.15, -0.1) is 0 Å². The second-order valence-electron chi connectivity index (χ2n) is 6.47. The first-order chi connectivity index (χ1) is 10.4. The fourth-order valence-corrected chi connectivity index (χ4v) is 2.98. The molecule has 0 aromatic heterocycles. The number of anilines is 1. The molecule has 2 atom stereocenters. The molecule has 2 fully saturated rings. The van der Waals surface area contributed by atoms with Crippen molar-refractivity contribution in [1.29, 1.82) is 0 Å². The molecule has 0 aliphatic carbocycles. The summed E-state index contributed by atoms with van der Waals surface area (Å²) >= 11 is 0. The number of hydrogen-bond donors (Lipinski definition) is 0. The molecule has 0 N–H and O–H groups in total. The van der Waals surface area contributed by atoms with Gasteiger partial charge >= 0.3 is 0 Å². The van der Waals surface area contributed by atoms with Crippen LogP contribution in [0.2, 0.25) is 0 Å². The standard InChI is InChI=1S/C11H14N2O2.C4H10.C3H8/c1-6-9(11(15)10(6)14)13-5-7-3-8(13)4-12(7)2;1-3-4-2;1-3-2/h7-8H,3-5H2,1-2H3;3-4H2,1-2H3;3H2,1-2H3. The van der Waals surface area contributed by atoms with Crippen molar-refractivity contribution in [2.24, 2.45) is 0 Å². The Kier molecular flexibility index (Phi) is 7.27. The minimum absolute atomic E-state index is 0.275. The molecule has 2 aliphatic heterocycles. The highest BCUT2D eigenvalue weighted by molar-refractivity contribution is 5.60. The monoisotopic (exact) mass is 308 g/mol. The van der Waals surface area contributed by atoms with E-state index in [2.05, 4.69) is 44.5 Å². The average molecular weight is 308 g/mol. The molecule has 0 spiro atoms. The Morgan fingerprint density at radius 3 is 1.82 bits per heavy atom. The first kappa shape index (κ1) is 18.9. The van der Waals surface area contributed by atoms with Crippen molar-refractivity contribution in [3.05, 3.63) is 26.0 Å². The van der Waals surface area contributed by atoms with Gasteiger partial charge in [0.15, 0.2) is 0 Å². The van der Waals surface area contributed by atoms with E-state index in [-0.39, 0.29) is 10.9 Å². The first-order valence-corrected chi connectivity index (χ1v) is 8.69. The summed E-state index contributed by atoms with van der Waals surface area (Å²) in [5.74, 6) is 0. The Hall–Kier alpha value is -1.16. The summed E-state index contributed by atoms with van der Waals surface area (Å²) in [4.78, 5) is 27.1. The molecular formula is C18H32N2O2. The van der Waals surface area contributed by atoms with Crippen molar-refractivity contribution in [3.63, 3.8) is 0 Å². The van der Waals surface area contributed by atoms with Crippen LogP contribution in [0.3, 0.4) is 0 Å². The van der Waals surface area contributed by atoms with Gasteiger partial charge in [-0.3, -0.25) is 14.5 Å². The molecule has 2 heterocycles. The van der Waals surface area contributed by atoms with Crippen LogP contribution in [0, 0.1) is 6.92 Å². The molecule has 2 aliphatic rings. The Bertz CT molecular complexity index is 527. The van der Waals surface area contributed by atoms with Gasteiger partial charge in [0.2, 0.25) is 10.9 Å². The number of rotatable bonds is 2. The SMILES string of the molecule is CCC.CCCC.Cc1c(N2CC3CC2CN3C)c(=O)c1=O. The van der Waals surface area contributed by atoms with Crippen molar-refractivity contribution in [2.75, 3.05) is 25.0 Å². The molecule has 1 aromatic rings. The number of unbranched alkanes of at least 4 members (excludes halogenated alkanes) is 1. The average Bonchev–Trinajstić information content (AvgIpc) is 3.07. The summed E-state index contributed by atoms with van der Waals surface area (Å²) < 4.78 is 0. The molecule has 3 rings (SSSR count). The summed E-state index contributed by atoms with van der Waals surface area (Å²) in [5.41, 5.74) is 0.791. The minimum Gasteiger partial charge on any atom is -0.362 e. The molecule has 4 heteroatoms. The molecule has 2 unspecified atom stereocenters. The molecule has 2 saturated heterocycles. The molecule has 1 aromatic carbocycles. The second kappa shape index (κ2) is 8.47. The lowest BCUT2D eigenvalue weighted by atomic mass is 10.1. The van der Waals surface area contributed by atoms with E-state index in [1.165, 1.54) is 19.3 Å². The predicted octanol–water partition coefficient (Wildman–Crippen LogP) is 2.71. The third-order valence-electron chi connectivity index (χ3n) is 4.42. The molecule has 0 saturated carbocycles. The lowest BCUT2D eigenvalue weighted by Crippen LogP contribution is -2.50. The van der Waals surface area contributed by atoms with Crippen molar-refractivity contribution in [2.45, 2.75) is 72.4 Å². The number of piperazine rings is 1. The van der Waals surface area contributed by atoms with Gasteiger partial charge in [-0.1, -0.05) is 47.0 Å². The Balaban J connectivity index is 0.000000297. The zero-order chi connectivity index (χ0) is 16.9. The lowest BCUT2D eigenvalue weighted by Gasteiger charge is -2.34. The van der Waals surface area contributed by atoms with Crippen LogP contribution < -0.4 is 15.8 Å². The van der Waals surface area contributed by atoms with Crippen molar-refractivity contribution in [3.8, 4) is 0 Å². The maximum Gasteiger partial charge on any atom is 0.249 e. The lowest BCUT2D eigenvalue weighted by molar-refractivity contribution is 0.292. The van der Waals surface area contributed by atoms with Gasteiger partial charge in [0.05, 0.1) is 5.69 Å². The summed E-state index contributed by atoms with van der Waals surface area (Å²) in [6.45, 7) is 12.3. The molecule has 4 nitrogen and oxygen atoms in total. The van der Waals surface area contributed by atoms with Crippen LogP contribution in [-0.4, -0.2) is 37.1 Å². The summed E-state index contributed by atoms with van der Waals surface area (Å²) in [6, 6.07) is 1.01. The third kappa shape index (κ3) is 3.78. The fraction of sp³-hybridized carbons (Fsp3) is 0.778. The van der Waals surface area contributed by atoms with E-state index in [0.717, 1.165) is 19.5 Å². The van der Waals surface area contributed by atoms with E-state index in [1.54, 1.807) is 6.92 Å². The van der Waals surface area contributed by atoms with E-state index in [4.69, 9.17) is 0 Å². The maximum absolute atomic E-state index is 11.5. The van der Waals surface area contributed by atoms with Crippen molar-refractivity contribution < 1.29 is 0 Å². The van der Waals surface area contributed by atoms with Crippen LogP contribution >= 0.6 is 0 Å². The van der Waals surface area contributed by atoms with E-state index in [0.29, 0.717) is 23.3 Å². The number of likely N-dealkylation sites (N-methyl/N-ethyl adjacent to an activating group) is 1. The van der Waals surface area contributed by atoms with Gasteiger partial charge < -0.3 is 4.90 Å². The Labute approximate surface area is 134 Å². The second-order valence-corrected chi connectivity index (χ2v) is 6.47. The van der Waals surface area contributed by atoms with Gasteiger partial charge in [-0.25, -0.2) is 0 Å². The van der Waals surface area contributed by atoms with E-state index in [9.17, 15) is 9.59 Å². The highest BCUT2D eigenvalue weighted by Crippen LogP contribution is 2.33. The van der Waals surface area contributed by atoms with Crippen LogP contribution in [-0.2, 0) is 0 Å². The summed E-state index contributed by atoms with van der Waals surface area (Å²) in [6.07, 6.45) is 5.02.